The molecule has 0 spiro atoms. The standard InChI is InChI=1S/C28H29BrN2O5S/c1-3-36-27(33)28(16-17-28)22-8-12-24(13-9-22)30-26(32)19-31(18-21-6-4-20(2)5-7-21)37(34,35)25-14-10-23(29)11-15-25/h4-15H,3,16-19H2,1-2H3,(H,30,32). The summed E-state index contributed by atoms with van der Waals surface area (Å²) in [6.45, 7) is 3.76. The molecule has 1 aliphatic rings. The average molecular weight is 586 g/mol. The average Bonchev–Trinajstić information content (AvgIpc) is 3.68. The number of rotatable bonds is 10. The molecular weight excluding hydrogens is 556 g/mol. The van der Waals surface area contributed by atoms with Crippen LogP contribution in [0.15, 0.2) is 82.2 Å². The van der Waals surface area contributed by atoms with Crippen LogP contribution in [0.2, 0.25) is 0 Å². The van der Waals surface area contributed by atoms with Crippen molar-refractivity contribution < 1.29 is 22.7 Å². The van der Waals surface area contributed by atoms with Crippen LogP contribution in [0.5, 0.6) is 0 Å². The lowest BCUT2D eigenvalue weighted by molar-refractivity contribution is -0.146. The summed E-state index contributed by atoms with van der Waals surface area (Å²) in [6.07, 6.45) is 1.47. The Hall–Kier alpha value is -3.01. The third-order valence-corrected chi connectivity index (χ3v) is 8.72. The summed E-state index contributed by atoms with van der Waals surface area (Å²) >= 11 is 3.33. The third-order valence-electron chi connectivity index (χ3n) is 6.39. The second-order valence-corrected chi connectivity index (χ2v) is 12.0. The molecule has 1 fully saturated rings. The number of ether oxygens (including phenoxy) is 1. The van der Waals surface area contributed by atoms with Gasteiger partial charge in [-0.15, -0.1) is 0 Å². The minimum Gasteiger partial charge on any atom is -0.465 e. The van der Waals surface area contributed by atoms with E-state index in [1.54, 1.807) is 31.2 Å². The smallest absolute Gasteiger partial charge is 0.316 e. The van der Waals surface area contributed by atoms with Gasteiger partial charge in [-0.05, 0) is 74.2 Å². The third kappa shape index (κ3) is 6.29. The maximum Gasteiger partial charge on any atom is 0.316 e. The van der Waals surface area contributed by atoms with Crippen molar-refractivity contribution in [2.75, 3.05) is 18.5 Å². The van der Waals surface area contributed by atoms with Crippen LogP contribution in [-0.4, -0.2) is 37.8 Å². The number of amides is 1. The number of anilines is 1. The van der Waals surface area contributed by atoms with Crippen LogP contribution in [0.25, 0.3) is 0 Å². The highest BCUT2D eigenvalue weighted by Gasteiger charge is 2.52. The summed E-state index contributed by atoms with van der Waals surface area (Å²) in [5, 5.41) is 2.78. The minimum atomic E-state index is -3.95. The van der Waals surface area contributed by atoms with Crippen LogP contribution in [0, 0.1) is 6.92 Å². The number of carbonyl (C=O) groups excluding carboxylic acids is 2. The molecule has 9 heteroatoms. The van der Waals surface area contributed by atoms with Crippen molar-refractivity contribution in [2.45, 2.75) is 43.5 Å². The van der Waals surface area contributed by atoms with Crippen LogP contribution in [0.3, 0.4) is 0 Å². The zero-order valence-electron chi connectivity index (χ0n) is 20.7. The van der Waals surface area contributed by atoms with Gasteiger partial charge in [0.25, 0.3) is 0 Å². The number of aryl methyl sites for hydroxylation is 1. The van der Waals surface area contributed by atoms with E-state index in [4.69, 9.17) is 4.74 Å². The Bertz CT molecular complexity index is 1370. The van der Waals surface area contributed by atoms with Gasteiger partial charge in [-0.1, -0.05) is 57.9 Å². The number of nitrogens with zero attached hydrogens (tertiary/aromatic N) is 1. The second kappa shape index (κ2) is 11.2. The van der Waals surface area contributed by atoms with Crippen LogP contribution >= 0.6 is 15.9 Å². The van der Waals surface area contributed by atoms with E-state index in [0.29, 0.717) is 12.3 Å². The Morgan fingerprint density at radius 3 is 2.16 bits per heavy atom. The molecule has 1 amide bonds. The van der Waals surface area contributed by atoms with Gasteiger partial charge in [0.05, 0.1) is 23.5 Å². The number of hydrogen-bond acceptors (Lipinski definition) is 5. The predicted octanol–water partition coefficient (Wildman–Crippen LogP) is 5.18. The summed E-state index contributed by atoms with van der Waals surface area (Å²) in [5.41, 5.74) is 2.61. The maximum atomic E-state index is 13.5. The molecule has 4 rings (SSSR count). The molecule has 0 aromatic heterocycles. The molecule has 0 aliphatic heterocycles. The Balaban J connectivity index is 1.51. The first kappa shape index (κ1) is 27.0. The van der Waals surface area contributed by atoms with Gasteiger partial charge in [0.1, 0.15) is 0 Å². The van der Waals surface area contributed by atoms with Crippen LogP contribution in [-0.2, 0) is 36.3 Å². The largest absolute Gasteiger partial charge is 0.465 e. The van der Waals surface area contributed by atoms with Gasteiger partial charge in [-0.3, -0.25) is 9.59 Å². The van der Waals surface area contributed by atoms with Crippen molar-refractivity contribution in [3.63, 3.8) is 0 Å². The van der Waals surface area contributed by atoms with Crippen LogP contribution in [0.1, 0.15) is 36.5 Å². The summed E-state index contributed by atoms with van der Waals surface area (Å²) < 4.78 is 34.1. The zero-order valence-corrected chi connectivity index (χ0v) is 23.1. The van der Waals surface area contributed by atoms with Gasteiger partial charge in [0.2, 0.25) is 15.9 Å². The molecule has 7 nitrogen and oxygen atoms in total. The second-order valence-electron chi connectivity index (χ2n) is 9.14. The fraction of sp³-hybridized carbons (Fsp3) is 0.286. The highest BCUT2D eigenvalue weighted by atomic mass is 79.9. The number of esters is 1. The van der Waals surface area contributed by atoms with E-state index >= 15 is 0 Å². The molecular formula is C28H29BrN2O5S. The molecule has 3 aromatic rings. The van der Waals surface area contributed by atoms with E-state index in [0.717, 1.165) is 34.0 Å². The molecule has 37 heavy (non-hydrogen) atoms. The molecule has 0 saturated heterocycles. The molecule has 0 unspecified atom stereocenters. The molecule has 0 bridgehead atoms. The molecule has 0 radical (unpaired) electrons. The molecule has 0 heterocycles. The van der Waals surface area contributed by atoms with Crippen molar-refractivity contribution in [3.05, 3.63) is 94.0 Å². The van der Waals surface area contributed by atoms with Gasteiger partial charge in [-0.25, -0.2) is 8.42 Å². The number of carbonyl (C=O) groups is 2. The van der Waals surface area contributed by atoms with E-state index in [9.17, 15) is 18.0 Å². The Kier molecular flexibility index (Phi) is 8.16. The van der Waals surface area contributed by atoms with Crippen molar-refractivity contribution in [1.82, 2.24) is 4.31 Å². The van der Waals surface area contributed by atoms with Crippen molar-refractivity contribution in [1.29, 1.82) is 0 Å². The van der Waals surface area contributed by atoms with Crippen LogP contribution < -0.4 is 5.32 Å². The topological polar surface area (TPSA) is 92.8 Å². The minimum absolute atomic E-state index is 0.0487. The summed E-state index contributed by atoms with van der Waals surface area (Å²) in [4.78, 5) is 25.4. The van der Waals surface area contributed by atoms with E-state index in [1.165, 1.54) is 16.4 Å². The van der Waals surface area contributed by atoms with E-state index in [2.05, 4.69) is 21.2 Å². The van der Waals surface area contributed by atoms with Crippen LogP contribution in [0.4, 0.5) is 5.69 Å². The molecule has 3 aromatic carbocycles. The number of benzene rings is 3. The molecule has 1 N–H and O–H groups in total. The van der Waals surface area contributed by atoms with Gasteiger partial charge in [0, 0.05) is 16.7 Å². The summed E-state index contributed by atoms with van der Waals surface area (Å²) in [6, 6.07) is 20.9. The SMILES string of the molecule is CCOC(=O)C1(c2ccc(NC(=O)CN(Cc3ccc(C)cc3)S(=O)(=O)c3ccc(Br)cc3)cc2)CC1. The Morgan fingerprint density at radius 2 is 1.59 bits per heavy atom. The first-order valence-corrected chi connectivity index (χ1v) is 14.3. The van der Waals surface area contributed by atoms with Crippen molar-refractivity contribution in [3.8, 4) is 0 Å². The van der Waals surface area contributed by atoms with Gasteiger partial charge < -0.3 is 10.1 Å². The lowest BCUT2D eigenvalue weighted by Gasteiger charge is -2.22. The number of hydrogen-bond donors (Lipinski definition) is 1. The lowest BCUT2D eigenvalue weighted by atomic mass is 9.96. The first-order valence-electron chi connectivity index (χ1n) is 12.0. The maximum absolute atomic E-state index is 13.5. The summed E-state index contributed by atoms with van der Waals surface area (Å²) in [5.74, 6) is -0.691. The summed E-state index contributed by atoms with van der Waals surface area (Å²) in [7, 11) is -3.95. The predicted molar refractivity (Wildman–Crippen MR) is 146 cm³/mol. The van der Waals surface area contributed by atoms with Gasteiger partial charge >= 0.3 is 5.97 Å². The highest BCUT2D eigenvalue weighted by Crippen LogP contribution is 2.49. The monoisotopic (exact) mass is 584 g/mol. The number of halogens is 1. The Labute approximate surface area is 226 Å². The first-order chi connectivity index (χ1) is 17.6. The molecule has 194 valence electrons. The molecule has 1 saturated carbocycles. The number of sulfonamides is 1. The quantitative estimate of drug-likeness (QED) is 0.331. The molecule has 1 aliphatic carbocycles. The number of nitrogens with one attached hydrogen (secondary N) is 1. The Morgan fingerprint density at radius 1 is 0.973 bits per heavy atom. The molecule has 0 atom stereocenters. The highest BCUT2D eigenvalue weighted by molar-refractivity contribution is 9.10. The van der Waals surface area contributed by atoms with Gasteiger partial charge in [-0.2, -0.15) is 4.31 Å². The lowest BCUT2D eigenvalue weighted by Crippen LogP contribution is -2.37. The zero-order chi connectivity index (χ0) is 26.6. The normalized spacial score (nSPS) is 14.3. The fourth-order valence-electron chi connectivity index (χ4n) is 4.12. The van der Waals surface area contributed by atoms with E-state index in [-0.39, 0.29) is 24.0 Å². The van der Waals surface area contributed by atoms with Gasteiger partial charge in [0.15, 0.2) is 0 Å². The fourth-order valence-corrected chi connectivity index (χ4v) is 5.77. The van der Waals surface area contributed by atoms with Crippen molar-refractivity contribution >= 4 is 43.5 Å². The van der Waals surface area contributed by atoms with Crippen molar-refractivity contribution in [2.24, 2.45) is 0 Å². The van der Waals surface area contributed by atoms with E-state index in [1.807, 2.05) is 43.3 Å². The van der Waals surface area contributed by atoms with E-state index < -0.39 is 21.3 Å².